The molecule has 0 spiro atoms. The van der Waals surface area contributed by atoms with Crippen molar-refractivity contribution in [2.24, 2.45) is 11.1 Å². The van der Waals surface area contributed by atoms with E-state index < -0.39 is 0 Å². The third-order valence-electron chi connectivity index (χ3n) is 2.12. The zero-order valence-electron chi connectivity index (χ0n) is 6.92. The van der Waals surface area contributed by atoms with E-state index in [4.69, 9.17) is 4.84 Å². The van der Waals surface area contributed by atoms with E-state index in [1.54, 1.807) is 0 Å². The highest BCUT2D eigenvalue weighted by Gasteiger charge is 2.22. The van der Waals surface area contributed by atoms with Gasteiger partial charge in [-0.05, 0) is 19.3 Å². The van der Waals surface area contributed by atoms with Crippen LogP contribution in [-0.2, 0) is 4.84 Å². The summed E-state index contributed by atoms with van der Waals surface area (Å²) in [5, 5.41) is 3.90. The van der Waals surface area contributed by atoms with Gasteiger partial charge in [-0.3, -0.25) is 0 Å². The molecule has 0 saturated heterocycles. The second kappa shape index (κ2) is 3.04. The second-order valence-electron chi connectivity index (χ2n) is 3.06. The van der Waals surface area contributed by atoms with Crippen LogP contribution in [0.15, 0.2) is 5.16 Å². The summed E-state index contributed by atoms with van der Waals surface area (Å²) in [4.78, 5) is 5.21. The van der Waals surface area contributed by atoms with Crippen molar-refractivity contribution in [3.05, 3.63) is 0 Å². The van der Waals surface area contributed by atoms with E-state index in [9.17, 15) is 0 Å². The third kappa shape index (κ3) is 1.49. The average Bonchev–Trinajstić information content (AvgIpc) is 2.34. The van der Waals surface area contributed by atoms with Gasteiger partial charge in [0.25, 0.3) is 0 Å². The molecule has 2 nitrogen and oxygen atoms in total. The second-order valence-corrected chi connectivity index (χ2v) is 3.06. The first-order valence-corrected chi connectivity index (χ1v) is 3.93. The molecule has 2 unspecified atom stereocenters. The maximum Gasteiger partial charge on any atom is 0.135 e. The van der Waals surface area contributed by atoms with Crippen molar-refractivity contribution in [1.29, 1.82) is 0 Å². The minimum Gasteiger partial charge on any atom is -0.392 e. The van der Waals surface area contributed by atoms with Crippen molar-refractivity contribution in [1.82, 2.24) is 0 Å². The Bertz CT molecular complexity index is 142. The Morgan fingerprint density at radius 3 is 2.90 bits per heavy atom. The van der Waals surface area contributed by atoms with E-state index in [0.29, 0.717) is 12.0 Å². The van der Waals surface area contributed by atoms with Crippen LogP contribution in [0, 0.1) is 5.92 Å². The van der Waals surface area contributed by atoms with Crippen molar-refractivity contribution in [2.45, 2.75) is 39.7 Å². The normalized spacial score (nSPS) is 27.5. The van der Waals surface area contributed by atoms with Crippen LogP contribution in [0.4, 0.5) is 0 Å². The predicted octanol–water partition coefficient (Wildman–Crippen LogP) is 2.20. The number of nitrogens with zero attached hydrogens (tertiary/aromatic N) is 1. The Labute approximate surface area is 62.3 Å². The number of rotatable bonds is 2. The molecule has 0 bridgehead atoms. The summed E-state index contributed by atoms with van der Waals surface area (Å²) in [5.74, 6) is 0.640. The summed E-state index contributed by atoms with van der Waals surface area (Å²) >= 11 is 0. The van der Waals surface area contributed by atoms with E-state index in [-0.39, 0.29) is 0 Å². The topological polar surface area (TPSA) is 21.6 Å². The molecule has 0 aliphatic carbocycles. The number of hydrogen-bond acceptors (Lipinski definition) is 2. The quantitative estimate of drug-likeness (QED) is 0.577. The highest BCUT2D eigenvalue weighted by atomic mass is 16.6. The molecule has 0 aromatic heterocycles. The van der Waals surface area contributed by atoms with E-state index in [1.165, 1.54) is 6.42 Å². The molecule has 0 aromatic carbocycles. The van der Waals surface area contributed by atoms with E-state index in [1.807, 2.05) is 6.92 Å². The van der Waals surface area contributed by atoms with Gasteiger partial charge in [-0.15, -0.1) is 0 Å². The van der Waals surface area contributed by atoms with Crippen molar-refractivity contribution in [3.63, 3.8) is 0 Å². The largest absolute Gasteiger partial charge is 0.392 e. The summed E-state index contributed by atoms with van der Waals surface area (Å²) in [7, 11) is 0. The lowest BCUT2D eigenvalue weighted by atomic mass is 9.98. The molecular formula is C8H15NO. The van der Waals surface area contributed by atoms with Crippen LogP contribution in [0.1, 0.15) is 33.6 Å². The van der Waals surface area contributed by atoms with Gasteiger partial charge in [0.2, 0.25) is 0 Å². The molecule has 0 fully saturated rings. The molecule has 0 amide bonds. The Morgan fingerprint density at radius 1 is 1.80 bits per heavy atom. The fourth-order valence-corrected chi connectivity index (χ4v) is 1.09. The molecule has 1 heterocycles. The zero-order chi connectivity index (χ0) is 7.56. The summed E-state index contributed by atoms with van der Waals surface area (Å²) in [6.07, 6.45) is 2.55. The minimum atomic E-state index is 0.352. The first-order valence-electron chi connectivity index (χ1n) is 3.93. The van der Waals surface area contributed by atoms with Crippen LogP contribution < -0.4 is 0 Å². The molecule has 0 radical (unpaired) electrons. The van der Waals surface area contributed by atoms with Gasteiger partial charge in [0, 0.05) is 6.42 Å². The predicted molar refractivity (Wildman–Crippen MR) is 42.1 cm³/mol. The Balaban J connectivity index is 2.34. The maximum absolute atomic E-state index is 5.21. The molecule has 2 atom stereocenters. The van der Waals surface area contributed by atoms with E-state index in [2.05, 4.69) is 19.0 Å². The highest BCUT2D eigenvalue weighted by Crippen LogP contribution is 2.20. The first kappa shape index (κ1) is 7.58. The van der Waals surface area contributed by atoms with Crippen LogP contribution >= 0.6 is 0 Å². The molecule has 58 valence electrons. The Hall–Kier alpha value is -0.530. The molecule has 1 rings (SSSR count). The molecule has 0 aromatic rings. The van der Waals surface area contributed by atoms with Gasteiger partial charge < -0.3 is 4.84 Å². The van der Waals surface area contributed by atoms with E-state index >= 15 is 0 Å². The lowest BCUT2D eigenvalue weighted by Crippen LogP contribution is -2.16. The third-order valence-corrected chi connectivity index (χ3v) is 2.12. The maximum atomic E-state index is 5.21. The van der Waals surface area contributed by atoms with Crippen LogP contribution in [0.5, 0.6) is 0 Å². The first-order chi connectivity index (χ1) is 4.74. The summed E-state index contributed by atoms with van der Waals surface area (Å²) in [6.45, 7) is 6.41. The molecule has 2 heteroatoms. The van der Waals surface area contributed by atoms with Gasteiger partial charge in [0.1, 0.15) is 6.10 Å². The minimum absolute atomic E-state index is 0.352. The number of oxime groups is 1. The highest BCUT2D eigenvalue weighted by molar-refractivity contribution is 5.82. The van der Waals surface area contributed by atoms with Gasteiger partial charge in [-0.2, -0.15) is 0 Å². The van der Waals surface area contributed by atoms with Crippen molar-refractivity contribution in [3.8, 4) is 0 Å². The van der Waals surface area contributed by atoms with Crippen molar-refractivity contribution < 1.29 is 4.84 Å². The number of hydrogen-bond donors (Lipinski definition) is 0. The fourth-order valence-electron chi connectivity index (χ4n) is 1.09. The van der Waals surface area contributed by atoms with Gasteiger partial charge in [-0.1, -0.05) is 19.0 Å². The molecule has 0 N–H and O–H groups in total. The summed E-state index contributed by atoms with van der Waals surface area (Å²) in [5.41, 5.74) is 1.13. The van der Waals surface area contributed by atoms with Crippen LogP contribution in [-0.4, -0.2) is 11.8 Å². The Morgan fingerprint density at radius 2 is 2.50 bits per heavy atom. The molecule has 0 saturated carbocycles. The zero-order valence-corrected chi connectivity index (χ0v) is 6.92. The van der Waals surface area contributed by atoms with E-state index in [0.717, 1.165) is 12.1 Å². The Kier molecular flexibility index (Phi) is 2.30. The van der Waals surface area contributed by atoms with Crippen molar-refractivity contribution in [2.75, 3.05) is 0 Å². The monoisotopic (exact) mass is 141 g/mol. The van der Waals surface area contributed by atoms with Crippen molar-refractivity contribution >= 4 is 5.71 Å². The van der Waals surface area contributed by atoms with Gasteiger partial charge in [0.15, 0.2) is 0 Å². The molecule has 10 heavy (non-hydrogen) atoms. The smallest absolute Gasteiger partial charge is 0.135 e. The fraction of sp³-hybridized carbons (Fsp3) is 0.875. The molecular weight excluding hydrogens is 126 g/mol. The van der Waals surface area contributed by atoms with Gasteiger partial charge in [0.05, 0.1) is 5.71 Å². The van der Waals surface area contributed by atoms with Gasteiger partial charge in [-0.25, -0.2) is 0 Å². The van der Waals surface area contributed by atoms with Crippen LogP contribution in [0.25, 0.3) is 0 Å². The molecule has 1 aliphatic heterocycles. The summed E-state index contributed by atoms with van der Waals surface area (Å²) < 4.78 is 0. The average molecular weight is 141 g/mol. The molecule has 1 aliphatic rings. The van der Waals surface area contributed by atoms with Gasteiger partial charge >= 0.3 is 0 Å². The SMILES string of the molecule is CCC(C)C1CC(C)=NO1. The van der Waals surface area contributed by atoms with Crippen LogP contribution in [0.3, 0.4) is 0 Å². The summed E-state index contributed by atoms with van der Waals surface area (Å²) in [6, 6.07) is 0. The van der Waals surface area contributed by atoms with Crippen LogP contribution in [0.2, 0.25) is 0 Å². The standard InChI is InChI=1S/C8H15NO/c1-4-6(2)8-5-7(3)9-10-8/h6,8H,4-5H2,1-3H3. The lowest BCUT2D eigenvalue weighted by molar-refractivity contribution is 0.0450. The lowest BCUT2D eigenvalue weighted by Gasteiger charge is -2.13.